The highest BCUT2D eigenvalue weighted by Gasteiger charge is 2.40. The Hall–Kier alpha value is -4.69. The van der Waals surface area contributed by atoms with Crippen LogP contribution in [-0.4, -0.2) is 101 Å². The summed E-state index contributed by atoms with van der Waals surface area (Å²) < 4.78 is 35.5. The Kier molecular flexibility index (Phi) is 15.6. The van der Waals surface area contributed by atoms with Crippen LogP contribution >= 0.6 is 0 Å². The van der Waals surface area contributed by atoms with Crippen LogP contribution in [0.2, 0.25) is 18.1 Å². The zero-order valence-electron chi connectivity index (χ0n) is 37.3. The molecule has 4 rings (SSSR count). The Morgan fingerprint density at radius 1 is 0.780 bits per heavy atom. The lowest BCUT2D eigenvalue weighted by Gasteiger charge is -2.38. The molecule has 0 bridgehead atoms. The summed E-state index contributed by atoms with van der Waals surface area (Å²) >= 11 is 0. The molecule has 3 N–H and O–H groups in total. The lowest BCUT2D eigenvalue weighted by Crippen LogP contribution is -2.46. The maximum atomic E-state index is 13.9. The van der Waals surface area contributed by atoms with E-state index in [-0.39, 0.29) is 40.2 Å². The third-order valence-corrected chi connectivity index (χ3v) is 15.7. The van der Waals surface area contributed by atoms with Gasteiger partial charge in [-0.1, -0.05) is 52.0 Å². The minimum Gasteiger partial charge on any atom is -0.493 e. The maximum Gasteiger partial charge on any atom is 0.412 e. The summed E-state index contributed by atoms with van der Waals surface area (Å²) in [6.07, 6.45) is 3.67. The van der Waals surface area contributed by atoms with Crippen molar-refractivity contribution in [3.05, 3.63) is 59.7 Å². The van der Waals surface area contributed by atoms with Gasteiger partial charge in [0.25, 0.3) is 11.8 Å². The molecule has 14 heteroatoms. The number of hydrogen-bond donors (Lipinski definition) is 2. The Labute approximate surface area is 352 Å². The molecular formula is C45H68N4O9Si. The molecule has 2 aromatic carbocycles. The fraction of sp³-hybridized carbons (Fsp3) is 0.578. The van der Waals surface area contributed by atoms with Crippen LogP contribution in [0, 0.1) is 0 Å². The first-order valence-electron chi connectivity index (χ1n) is 20.6. The monoisotopic (exact) mass is 836 g/mol. The molecule has 2 saturated heterocycles. The minimum atomic E-state index is -2.01. The van der Waals surface area contributed by atoms with Gasteiger partial charge in [-0.3, -0.25) is 14.9 Å². The average Bonchev–Trinajstić information content (AvgIpc) is 3.73. The number of nitrogens with one attached hydrogen (secondary N) is 1. The number of ether oxygens (including phenoxy) is 5. The summed E-state index contributed by atoms with van der Waals surface area (Å²) in [7, 11) is 1.03. The molecule has 326 valence electrons. The van der Waals surface area contributed by atoms with Gasteiger partial charge in [-0.05, 0) is 89.6 Å². The normalized spacial score (nSPS) is 17.3. The number of likely N-dealkylation sites (tertiary alicyclic amines) is 2. The predicted molar refractivity (Wildman–Crippen MR) is 236 cm³/mol. The van der Waals surface area contributed by atoms with Crippen molar-refractivity contribution >= 4 is 37.6 Å². The largest absolute Gasteiger partial charge is 0.493 e. The summed E-state index contributed by atoms with van der Waals surface area (Å²) in [5, 5.41) is 2.82. The van der Waals surface area contributed by atoms with Crippen molar-refractivity contribution in [1.82, 2.24) is 9.80 Å². The Morgan fingerprint density at radius 2 is 1.29 bits per heavy atom. The summed E-state index contributed by atoms with van der Waals surface area (Å²) in [4.78, 5) is 44.3. The molecule has 0 radical (unpaired) electrons. The van der Waals surface area contributed by atoms with Gasteiger partial charge in [0, 0.05) is 37.0 Å². The number of rotatable bonds is 17. The molecule has 2 aliphatic rings. The van der Waals surface area contributed by atoms with Crippen molar-refractivity contribution in [2.24, 2.45) is 0 Å². The number of carbonyl (C=O) groups excluding carboxylic acids is 3. The van der Waals surface area contributed by atoms with E-state index in [4.69, 9.17) is 33.8 Å². The van der Waals surface area contributed by atoms with Gasteiger partial charge in [0.2, 0.25) is 0 Å². The van der Waals surface area contributed by atoms with Gasteiger partial charge in [-0.25, -0.2) is 4.79 Å². The SMILES string of the molecule is C=C1C[C@@H](CO[Si](C)(C)C(C)(C)C)N(C(=O)c2cc(OC)c(OCCCCCOc3cc(NC(=O)OC(C)(C)C)c(C(=O)N4CC(=C)C[C@H]4CC)cc3OC)cc2N)C1. The van der Waals surface area contributed by atoms with E-state index in [9.17, 15) is 14.4 Å². The number of hydrogen-bond acceptors (Lipinski definition) is 10. The van der Waals surface area contributed by atoms with Crippen LogP contribution in [-0.2, 0) is 9.16 Å². The standard InChI is InChI=1S/C45H68N4O9Si/c1-14-31-20-29(2)26-48(31)42(51)34-23-38(54-11)40(25-36(34)47-43(52)58-44(4,5)6)56-19-17-15-16-18-55-39-24-35(46)33(22-37(39)53-10)41(50)49-27-30(3)21-32(49)28-57-59(12,13)45(7,8)9/h22-25,31-32H,2-3,14-21,26-28,46H2,1,4-13H3,(H,47,52)/t31-,32+/m1/s1. The van der Waals surface area contributed by atoms with Crippen molar-refractivity contribution < 1.29 is 42.5 Å². The number of nitrogen functional groups attached to an aromatic ring is 1. The average molecular weight is 837 g/mol. The van der Waals surface area contributed by atoms with Crippen molar-refractivity contribution in [2.45, 2.75) is 123 Å². The van der Waals surface area contributed by atoms with Crippen LogP contribution in [0.3, 0.4) is 0 Å². The molecule has 2 aromatic rings. The Balaban J connectivity index is 1.36. The van der Waals surface area contributed by atoms with Crippen LogP contribution in [0.25, 0.3) is 0 Å². The first-order valence-corrected chi connectivity index (χ1v) is 23.5. The fourth-order valence-corrected chi connectivity index (χ4v) is 7.92. The van der Waals surface area contributed by atoms with E-state index in [0.29, 0.717) is 86.4 Å². The molecule has 2 aliphatic heterocycles. The number of benzene rings is 2. The van der Waals surface area contributed by atoms with E-state index in [1.54, 1.807) is 54.8 Å². The molecule has 2 heterocycles. The van der Waals surface area contributed by atoms with E-state index >= 15 is 0 Å². The predicted octanol–water partition coefficient (Wildman–Crippen LogP) is 9.23. The van der Waals surface area contributed by atoms with Gasteiger partial charge in [-0.15, -0.1) is 0 Å². The van der Waals surface area contributed by atoms with Gasteiger partial charge >= 0.3 is 6.09 Å². The second-order valence-corrected chi connectivity index (χ2v) is 22.9. The fourth-order valence-electron chi connectivity index (χ4n) is 6.88. The van der Waals surface area contributed by atoms with E-state index in [2.05, 4.69) is 52.3 Å². The summed E-state index contributed by atoms with van der Waals surface area (Å²) in [5.74, 6) is 1.20. The van der Waals surface area contributed by atoms with E-state index in [1.165, 1.54) is 14.2 Å². The van der Waals surface area contributed by atoms with Gasteiger partial charge in [0.15, 0.2) is 31.3 Å². The highest BCUT2D eigenvalue weighted by Crippen LogP contribution is 2.39. The summed E-state index contributed by atoms with van der Waals surface area (Å²) in [5.41, 5.74) is 8.90. The smallest absolute Gasteiger partial charge is 0.412 e. The second-order valence-electron chi connectivity index (χ2n) is 18.1. The number of carbonyl (C=O) groups is 3. The van der Waals surface area contributed by atoms with Crippen molar-refractivity contribution in [3.8, 4) is 23.0 Å². The Morgan fingerprint density at radius 3 is 1.81 bits per heavy atom. The first-order chi connectivity index (χ1) is 27.6. The number of amides is 3. The molecule has 3 amide bonds. The van der Waals surface area contributed by atoms with Crippen molar-refractivity contribution in [1.29, 1.82) is 0 Å². The number of methoxy groups -OCH3 is 2. The highest BCUT2D eigenvalue weighted by atomic mass is 28.4. The third kappa shape index (κ3) is 12.2. The Bertz CT molecular complexity index is 1870. The van der Waals surface area contributed by atoms with E-state index in [1.807, 2.05) is 6.92 Å². The molecule has 0 saturated carbocycles. The van der Waals surface area contributed by atoms with Gasteiger partial charge in [-0.2, -0.15) is 0 Å². The van der Waals surface area contributed by atoms with Crippen LogP contribution < -0.4 is 30.0 Å². The maximum absolute atomic E-state index is 13.9. The summed E-state index contributed by atoms with van der Waals surface area (Å²) in [6, 6.07) is 6.41. The molecule has 59 heavy (non-hydrogen) atoms. The number of nitrogens with zero attached hydrogens (tertiary/aromatic N) is 2. The van der Waals surface area contributed by atoms with Gasteiger partial charge in [0.1, 0.15) is 5.60 Å². The molecular weight excluding hydrogens is 769 g/mol. The van der Waals surface area contributed by atoms with E-state index < -0.39 is 20.0 Å². The lowest BCUT2D eigenvalue weighted by molar-refractivity contribution is 0.0634. The molecule has 13 nitrogen and oxygen atoms in total. The lowest BCUT2D eigenvalue weighted by atomic mass is 10.1. The van der Waals surface area contributed by atoms with Crippen LogP contribution in [0.15, 0.2) is 48.6 Å². The second kappa shape index (κ2) is 19.6. The molecule has 2 atom stereocenters. The minimum absolute atomic E-state index is 0.0183. The molecule has 0 aromatic heterocycles. The number of anilines is 2. The molecule has 0 aliphatic carbocycles. The number of nitrogens with two attached hydrogens (primary N) is 1. The van der Waals surface area contributed by atoms with Crippen LogP contribution in [0.1, 0.15) is 108 Å². The topological polar surface area (TPSA) is 151 Å². The van der Waals surface area contributed by atoms with Crippen molar-refractivity contribution in [2.75, 3.05) is 58.2 Å². The highest BCUT2D eigenvalue weighted by molar-refractivity contribution is 6.74. The van der Waals surface area contributed by atoms with Gasteiger partial charge in [0.05, 0.1) is 56.9 Å². The number of unbranched alkanes of at least 4 members (excludes halogenated alkanes) is 2. The zero-order chi connectivity index (χ0) is 43.9. The molecule has 0 unspecified atom stereocenters. The van der Waals surface area contributed by atoms with Crippen LogP contribution in [0.4, 0.5) is 16.2 Å². The quantitative estimate of drug-likeness (QED) is 0.0683. The zero-order valence-corrected chi connectivity index (χ0v) is 38.3. The first kappa shape index (κ1) is 47.0. The van der Waals surface area contributed by atoms with Gasteiger partial charge < -0.3 is 43.6 Å². The molecule has 0 spiro atoms. The molecule has 2 fully saturated rings. The third-order valence-electron chi connectivity index (χ3n) is 11.2. The summed E-state index contributed by atoms with van der Waals surface area (Å²) in [6.45, 7) is 28.7. The van der Waals surface area contributed by atoms with Crippen LogP contribution in [0.5, 0.6) is 23.0 Å². The van der Waals surface area contributed by atoms with E-state index in [0.717, 1.165) is 30.4 Å². The van der Waals surface area contributed by atoms with Crippen molar-refractivity contribution in [3.63, 3.8) is 0 Å².